The van der Waals surface area contributed by atoms with Crippen molar-refractivity contribution in [1.29, 1.82) is 0 Å². The fourth-order valence-corrected chi connectivity index (χ4v) is 2.94. The third-order valence-electron chi connectivity index (χ3n) is 4.64. The Hall–Kier alpha value is -1.84. The lowest BCUT2D eigenvalue weighted by Gasteiger charge is -2.32. The Kier molecular flexibility index (Phi) is 3.17. The predicted octanol–water partition coefficient (Wildman–Crippen LogP) is 3.85. The first kappa shape index (κ1) is 12.9. The van der Waals surface area contributed by atoms with Crippen LogP contribution in [0.3, 0.4) is 0 Å². The van der Waals surface area contributed by atoms with Gasteiger partial charge in [-0.05, 0) is 55.9 Å². The van der Waals surface area contributed by atoms with Crippen LogP contribution in [-0.4, -0.2) is 23.2 Å². The molecule has 0 radical (unpaired) electrons. The SMILES string of the molecule is CC1CCN(c2ccc(-c3noc(C4CC4)n3)cc2)CC1. The summed E-state index contributed by atoms with van der Waals surface area (Å²) in [7, 11) is 0. The molecule has 4 nitrogen and oxygen atoms in total. The fourth-order valence-electron chi connectivity index (χ4n) is 2.94. The van der Waals surface area contributed by atoms with Crippen molar-refractivity contribution in [1.82, 2.24) is 10.1 Å². The average Bonchev–Trinajstić information content (AvgIpc) is 3.26. The van der Waals surface area contributed by atoms with E-state index in [1.807, 2.05) is 0 Å². The molecule has 1 saturated carbocycles. The van der Waals surface area contributed by atoms with Crippen molar-refractivity contribution in [3.63, 3.8) is 0 Å². The van der Waals surface area contributed by atoms with E-state index in [-0.39, 0.29) is 0 Å². The third-order valence-corrected chi connectivity index (χ3v) is 4.64. The number of hydrogen-bond donors (Lipinski definition) is 0. The zero-order valence-corrected chi connectivity index (χ0v) is 12.5. The van der Waals surface area contributed by atoms with Gasteiger partial charge in [-0.1, -0.05) is 12.1 Å². The number of nitrogens with zero attached hydrogens (tertiary/aromatic N) is 3. The van der Waals surface area contributed by atoms with Gasteiger partial charge in [0.1, 0.15) is 0 Å². The molecule has 0 atom stereocenters. The highest BCUT2D eigenvalue weighted by atomic mass is 16.5. The van der Waals surface area contributed by atoms with Gasteiger partial charge in [-0.15, -0.1) is 0 Å². The van der Waals surface area contributed by atoms with Crippen molar-refractivity contribution in [2.45, 2.75) is 38.5 Å². The maximum absolute atomic E-state index is 5.33. The van der Waals surface area contributed by atoms with Gasteiger partial charge in [0.2, 0.25) is 11.7 Å². The highest BCUT2D eigenvalue weighted by Gasteiger charge is 2.29. The first-order chi connectivity index (χ1) is 10.3. The summed E-state index contributed by atoms with van der Waals surface area (Å²) in [4.78, 5) is 6.97. The number of benzene rings is 1. The quantitative estimate of drug-likeness (QED) is 0.858. The van der Waals surface area contributed by atoms with Crippen LogP contribution in [0, 0.1) is 5.92 Å². The van der Waals surface area contributed by atoms with Crippen LogP contribution in [0.15, 0.2) is 28.8 Å². The minimum Gasteiger partial charge on any atom is -0.372 e. The molecule has 2 fully saturated rings. The number of rotatable bonds is 3. The molecule has 4 heteroatoms. The molecule has 1 aliphatic carbocycles. The Morgan fingerprint density at radius 2 is 1.76 bits per heavy atom. The summed E-state index contributed by atoms with van der Waals surface area (Å²) in [6, 6.07) is 8.57. The Labute approximate surface area is 125 Å². The van der Waals surface area contributed by atoms with E-state index in [1.165, 1.54) is 31.4 Å². The van der Waals surface area contributed by atoms with Crippen LogP contribution in [-0.2, 0) is 0 Å². The molecule has 2 heterocycles. The van der Waals surface area contributed by atoms with E-state index in [0.717, 1.165) is 36.3 Å². The van der Waals surface area contributed by atoms with E-state index in [4.69, 9.17) is 4.52 Å². The largest absolute Gasteiger partial charge is 0.372 e. The summed E-state index contributed by atoms with van der Waals surface area (Å²) < 4.78 is 5.33. The van der Waals surface area contributed by atoms with Gasteiger partial charge in [0.15, 0.2) is 0 Å². The second kappa shape index (κ2) is 5.17. The summed E-state index contributed by atoms with van der Waals surface area (Å²) in [6.45, 7) is 4.66. The van der Waals surface area contributed by atoms with Crippen LogP contribution in [0.25, 0.3) is 11.4 Å². The molecule has 21 heavy (non-hydrogen) atoms. The van der Waals surface area contributed by atoms with Crippen LogP contribution in [0.5, 0.6) is 0 Å². The van der Waals surface area contributed by atoms with Gasteiger partial charge in [0.05, 0.1) is 0 Å². The van der Waals surface area contributed by atoms with Crippen molar-refractivity contribution >= 4 is 5.69 Å². The van der Waals surface area contributed by atoms with E-state index >= 15 is 0 Å². The summed E-state index contributed by atoms with van der Waals surface area (Å²) in [6.07, 6.45) is 4.95. The average molecular weight is 283 g/mol. The van der Waals surface area contributed by atoms with Crippen molar-refractivity contribution in [3.8, 4) is 11.4 Å². The lowest BCUT2D eigenvalue weighted by Crippen LogP contribution is -2.32. The van der Waals surface area contributed by atoms with Crippen LogP contribution in [0.2, 0.25) is 0 Å². The molecule has 0 N–H and O–H groups in total. The van der Waals surface area contributed by atoms with Crippen molar-refractivity contribution in [3.05, 3.63) is 30.2 Å². The molecule has 1 aromatic heterocycles. The van der Waals surface area contributed by atoms with Crippen molar-refractivity contribution < 1.29 is 4.52 Å². The first-order valence-electron chi connectivity index (χ1n) is 7.98. The Morgan fingerprint density at radius 3 is 2.43 bits per heavy atom. The second-order valence-electron chi connectivity index (χ2n) is 6.45. The Morgan fingerprint density at radius 1 is 1.05 bits per heavy atom. The fraction of sp³-hybridized carbons (Fsp3) is 0.529. The molecule has 0 unspecified atom stereocenters. The third kappa shape index (κ3) is 2.67. The normalized spacial score (nSPS) is 20.0. The lowest BCUT2D eigenvalue weighted by molar-refractivity contribution is 0.380. The van der Waals surface area contributed by atoms with Crippen LogP contribution in [0.4, 0.5) is 5.69 Å². The number of aromatic nitrogens is 2. The monoisotopic (exact) mass is 283 g/mol. The molecule has 1 aromatic carbocycles. The van der Waals surface area contributed by atoms with Crippen molar-refractivity contribution in [2.24, 2.45) is 5.92 Å². The molecule has 110 valence electrons. The van der Waals surface area contributed by atoms with Crippen LogP contribution in [0.1, 0.15) is 44.4 Å². The molecule has 2 aliphatic rings. The molecule has 0 bridgehead atoms. The summed E-state index contributed by atoms with van der Waals surface area (Å²) >= 11 is 0. The summed E-state index contributed by atoms with van der Waals surface area (Å²) in [5, 5.41) is 4.10. The van der Waals surface area contributed by atoms with Crippen LogP contribution >= 0.6 is 0 Å². The predicted molar refractivity (Wildman–Crippen MR) is 82.3 cm³/mol. The van der Waals surface area contributed by atoms with E-state index in [1.54, 1.807) is 0 Å². The van der Waals surface area contributed by atoms with E-state index in [9.17, 15) is 0 Å². The zero-order chi connectivity index (χ0) is 14.2. The van der Waals surface area contributed by atoms with E-state index < -0.39 is 0 Å². The summed E-state index contributed by atoms with van der Waals surface area (Å²) in [5.74, 6) is 2.90. The maximum Gasteiger partial charge on any atom is 0.230 e. The number of anilines is 1. The molecule has 1 aliphatic heterocycles. The van der Waals surface area contributed by atoms with E-state index in [0.29, 0.717) is 5.92 Å². The van der Waals surface area contributed by atoms with Gasteiger partial charge >= 0.3 is 0 Å². The lowest BCUT2D eigenvalue weighted by atomic mass is 9.98. The van der Waals surface area contributed by atoms with Gasteiger partial charge in [-0.3, -0.25) is 0 Å². The molecular weight excluding hydrogens is 262 g/mol. The second-order valence-corrected chi connectivity index (χ2v) is 6.45. The van der Waals surface area contributed by atoms with Gasteiger partial charge in [-0.25, -0.2) is 0 Å². The maximum atomic E-state index is 5.33. The topological polar surface area (TPSA) is 42.2 Å². The van der Waals surface area contributed by atoms with Gasteiger partial charge in [0, 0.05) is 30.3 Å². The van der Waals surface area contributed by atoms with Gasteiger partial charge in [0.25, 0.3) is 0 Å². The molecule has 0 spiro atoms. The summed E-state index contributed by atoms with van der Waals surface area (Å²) in [5.41, 5.74) is 2.34. The van der Waals surface area contributed by atoms with Gasteiger partial charge < -0.3 is 9.42 Å². The standard InChI is InChI=1S/C17H21N3O/c1-12-8-10-20(11-9-12)15-6-4-13(5-7-15)16-18-17(21-19-16)14-2-3-14/h4-7,12,14H,2-3,8-11H2,1H3. The van der Waals surface area contributed by atoms with Gasteiger partial charge in [-0.2, -0.15) is 4.98 Å². The Bertz CT molecular complexity index is 607. The van der Waals surface area contributed by atoms with Crippen molar-refractivity contribution in [2.75, 3.05) is 18.0 Å². The molecule has 4 rings (SSSR count). The Balaban J connectivity index is 1.49. The highest BCUT2D eigenvalue weighted by molar-refractivity contribution is 5.60. The smallest absolute Gasteiger partial charge is 0.230 e. The number of piperidine rings is 1. The molecule has 1 saturated heterocycles. The molecule has 2 aromatic rings. The first-order valence-corrected chi connectivity index (χ1v) is 7.98. The zero-order valence-electron chi connectivity index (χ0n) is 12.5. The number of hydrogen-bond acceptors (Lipinski definition) is 4. The minimum absolute atomic E-state index is 0.515. The molecule has 0 amide bonds. The van der Waals surface area contributed by atoms with Crippen LogP contribution < -0.4 is 4.90 Å². The van der Waals surface area contributed by atoms with E-state index in [2.05, 4.69) is 46.2 Å². The molecular formula is C17H21N3O. The highest BCUT2D eigenvalue weighted by Crippen LogP contribution is 2.39. The minimum atomic E-state index is 0.515.